The van der Waals surface area contributed by atoms with Crippen LogP contribution < -0.4 is 5.32 Å². The maximum Gasteiger partial charge on any atom is 0.270 e. The molecule has 7 heteroatoms. The molecular weight excluding hydrogens is 266 g/mol. The van der Waals surface area contributed by atoms with Crippen molar-refractivity contribution in [2.75, 3.05) is 5.32 Å². The summed E-state index contributed by atoms with van der Waals surface area (Å²) in [5.41, 5.74) is 0.0485. The summed E-state index contributed by atoms with van der Waals surface area (Å²) in [4.78, 5) is 26.5. The number of carbonyl (C=O) groups is 1. The summed E-state index contributed by atoms with van der Waals surface area (Å²) in [6, 6.07) is 8.83. The van der Waals surface area contributed by atoms with E-state index in [1.165, 1.54) is 30.5 Å². The maximum absolute atomic E-state index is 11.9. The van der Waals surface area contributed by atoms with Gasteiger partial charge in [0.1, 0.15) is 5.82 Å². The molecule has 0 saturated carbocycles. The number of rotatable bonds is 3. The van der Waals surface area contributed by atoms with Crippen LogP contribution >= 0.6 is 12.6 Å². The molecule has 0 fully saturated rings. The zero-order valence-electron chi connectivity index (χ0n) is 9.61. The zero-order chi connectivity index (χ0) is 13.8. The summed E-state index contributed by atoms with van der Waals surface area (Å²) in [6.45, 7) is 0. The molecule has 1 heterocycles. The highest BCUT2D eigenvalue weighted by atomic mass is 32.1. The van der Waals surface area contributed by atoms with E-state index in [2.05, 4.69) is 22.9 Å². The van der Waals surface area contributed by atoms with E-state index in [4.69, 9.17) is 0 Å². The second-order valence-electron chi connectivity index (χ2n) is 3.63. The third-order valence-electron chi connectivity index (χ3n) is 2.34. The fourth-order valence-electron chi connectivity index (χ4n) is 1.43. The number of nitro groups is 1. The molecule has 1 aromatic carbocycles. The van der Waals surface area contributed by atoms with Crippen LogP contribution in [0.2, 0.25) is 0 Å². The Morgan fingerprint density at radius 3 is 2.79 bits per heavy atom. The number of thiol groups is 1. The lowest BCUT2D eigenvalue weighted by molar-refractivity contribution is -0.384. The van der Waals surface area contributed by atoms with Gasteiger partial charge in [0.15, 0.2) is 0 Å². The van der Waals surface area contributed by atoms with Crippen molar-refractivity contribution in [3.63, 3.8) is 0 Å². The molecule has 0 unspecified atom stereocenters. The summed E-state index contributed by atoms with van der Waals surface area (Å²) in [6.07, 6.45) is 1.52. The number of aromatic nitrogens is 1. The molecule has 0 saturated heterocycles. The van der Waals surface area contributed by atoms with Gasteiger partial charge in [-0.1, -0.05) is 6.07 Å². The van der Waals surface area contributed by atoms with E-state index < -0.39 is 10.8 Å². The minimum absolute atomic E-state index is 0.139. The molecule has 0 radical (unpaired) electrons. The van der Waals surface area contributed by atoms with Crippen LogP contribution in [-0.2, 0) is 0 Å². The van der Waals surface area contributed by atoms with E-state index in [0.717, 1.165) is 0 Å². The lowest BCUT2D eigenvalue weighted by Crippen LogP contribution is -2.13. The van der Waals surface area contributed by atoms with Crippen molar-refractivity contribution < 1.29 is 9.72 Å². The van der Waals surface area contributed by atoms with E-state index >= 15 is 0 Å². The molecule has 19 heavy (non-hydrogen) atoms. The molecule has 1 amide bonds. The summed E-state index contributed by atoms with van der Waals surface area (Å²) in [7, 11) is 0. The quantitative estimate of drug-likeness (QED) is 0.512. The SMILES string of the molecule is O=C(Nc1ncccc1S)c1cccc([N+](=O)[O-])c1. The molecule has 0 aliphatic carbocycles. The van der Waals surface area contributed by atoms with Crippen LogP contribution in [0.4, 0.5) is 11.5 Å². The third-order valence-corrected chi connectivity index (χ3v) is 2.70. The monoisotopic (exact) mass is 275 g/mol. The lowest BCUT2D eigenvalue weighted by atomic mass is 10.2. The molecule has 1 aromatic heterocycles. The van der Waals surface area contributed by atoms with Gasteiger partial charge in [0.2, 0.25) is 0 Å². The first-order valence-corrected chi connectivity index (χ1v) is 5.72. The van der Waals surface area contributed by atoms with Crippen LogP contribution in [0.1, 0.15) is 10.4 Å². The van der Waals surface area contributed by atoms with Crippen LogP contribution in [0.5, 0.6) is 0 Å². The second kappa shape index (κ2) is 5.49. The number of nitrogens with one attached hydrogen (secondary N) is 1. The van der Waals surface area contributed by atoms with Gasteiger partial charge in [-0.3, -0.25) is 14.9 Å². The highest BCUT2D eigenvalue weighted by molar-refractivity contribution is 7.80. The number of benzene rings is 1. The van der Waals surface area contributed by atoms with Crippen LogP contribution in [0.15, 0.2) is 47.5 Å². The number of hydrogen-bond donors (Lipinski definition) is 2. The van der Waals surface area contributed by atoms with Crippen molar-refractivity contribution >= 4 is 30.0 Å². The van der Waals surface area contributed by atoms with Crippen molar-refractivity contribution in [3.05, 3.63) is 58.3 Å². The van der Waals surface area contributed by atoms with Gasteiger partial charge in [0.05, 0.1) is 4.92 Å². The Hall–Kier alpha value is -2.41. The highest BCUT2D eigenvalue weighted by Gasteiger charge is 2.12. The van der Waals surface area contributed by atoms with Gasteiger partial charge in [-0.2, -0.15) is 0 Å². The van der Waals surface area contributed by atoms with E-state index in [9.17, 15) is 14.9 Å². The third kappa shape index (κ3) is 3.08. The van der Waals surface area contributed by atoms with Gasteiger partial charge in [-0.25, -0.2) is 4.98 Å². The first-order valence-electron chi connectivity index (χ1n) is 5.28. The Labute approximate surface area is 114 Å². The van der Waals surface area contributed by atoms with Gasteiger partial charge in [-0.15, -0.1) is 12.6 Å². The second-order valence-corrected chi connectivity index (χ2v) is 4.11. The van der Waals surface area contributed by atoms with Crippen molar-refractivity contribution in [3.8, 4) is 0 Å². The average molecular weight is 275 g/mol. The molecule has 1 N–H and O–H groups in total. The summed E-state index contributed by atoms with van der Waals surface area (Å²) >= 11 is 4.15. The largest absolute Gasteiger partial charge is 0.306 e. The van der Waals surface area contributed by atoms with Crippen LogP contribution in [0.25, 0.3) is 0 Å². The summed E-state index contributed by atoms with van der Waals surface area (Å²) in [5.74, 6) is -0.167. The summed E-state index contributed by atoms with van der Waals surface area (Å²) < 4.78 is 0. The molecule has 0 bridgehead atoms. The van der Waals surface area contributed by atoms with Crippen LogP contribution in [0.3, 0.4) is 0 Å². The highest BCUT2D eigenvalue weighted by Crippen LogP contribution is 2.18. The molecule has 0 aliphatic rings. The fourth-order valence-corrected chi connectivity index (χ4v) is 1.63. The van der Waals surface area contributed by atoms with Crippen molar-refractivity contribution in [1.82, 2.24) is 4.98 Å². The van der Waals surface area contributed by atoms with Gasteiger partial charge in [0.25, 0.3) is 11.6 Å². The molecule has 96 valence electrons. The first kappa shape index (κ1) is 13.0. The first-order chi connectivity index (χ1) is 9.08. The van der Waals surface area contributed by atoms with Crippen LogP contribution in [-0.4, -0.2) is 15.8 Å². The van der Waals surface area contributed by atoms with Gasteiger partial charge in [-0.05, 0) is 18.2 Å². The van der Waals surface area contributed by atoms with E-state index in [1.54, 1.807) is 12.1 Å². The summed E-state index contributed by atoms with van der Waals surface area (Å²) in [5, 5.41) is 13.2. The molecule has 0 aliphatic heterocycles. The number of anilines is 1. The van der Waals surface area contributed by atoms with Crippen molar-refractivity contribution in [2.24, 2.45) is 0 Å². The normalized spacial score (nSPS) is 9.95. The Bertz CT molecular complexity index is 646. The number of non-ortho nitro benzene ring substituents is 1. The molecule has 0 spiro atoms. The Morgan fingerprint density at radius 2 is 2.11 bits per heavy atom. The molecular formula is C12H9N3O3S. The Balaban J connectivity index is 2.23. The van der Waals surface area contributed by atoms with Gasteiger partial charge >= 0.3 is 0 Å². The molecule has 6 nitrogen and oxygen atoms in total. The topological polar surface area (TPSA) is 85.1 Å². The molecule has 2 rings (SSSR count). The lowest BCUT2D eigenvalue weighted by Gasteiger charge is -2.06. The predicted molar refractivity (Wildman–Crippen MR) is 72.5 cm³/mol. The number of hydrogen-bond acceptors (Lipinski definition) is 5. The Kier molecular flexibility index (Phi) is 3.76. The minimum Gasteiger partial charge on any atom is -0.306 e. The molecule has 2 aromatic rings. The Morgan fingerprint density at radius 1 is 1.32 bits per heavy atom. The smallest absolute Gasteiger partial charge is 0.270 e. The number of nitro benzene ring substituents is 1. The number of carbonyl (C=O) groups excluding carboxylic acids is 1. The number of amides is 1. The minimum atomic E-state index is -0.554. The predicted octanol–water partition coefficient (Wildman–Crippen LogP) is 2.53. The number of nitrogens with zero attached hydrogens (tertiary/aromatic N) is 2. The van der Waals surface area contributed by atoms with Crippen LogP contribution in [0, 0.1) is 10.1 Å². The maximum atomic E-state index is 11.9. The van der Waals surface area contributed by atoms with E-state index in [-0.39, 0.29) is 11.3 Å². The standard InChI is InChI=1S/C12H9N3O3S/c16-12(14-11-10(19)5-2-6-13-11)8-3-1-4-9(7-8)15(17)18/h1-7,19H,(H,13,14,16). The van der Waals surface area contributed by atoms with Gasteiger partial charge in [0, 0.05) is 28.8 Å². The van der Waals surface area contributed by atoms with Gasteiger partial charge < -0.3 is 5.32 Å². The van der Waals surface area contributed by atoms with E-state index in [1.807, 2.05) is 0 Å². The number of pyridine rings is 1. The fraction of sp³-hybridized carbons (Fsp3) is 0. The zero-order valence-corrected chi connectivity index (χ0v) is 10.5. The van der Waals surface area contributed by atoms with Crippen molar-refractivity contribution in [1.29, 1.82) is 0 Å². The van der Waals surface area contributed by atoms with E-state index in [0.29, 0.717) is 10.7 Å². The van der Waals surface area contributed by atoms with Crippen molar-refractivity contribution in [2.45, 2.75) is 4.90 Å². The average Bonchev–Trinajstić information content (AvgIpc) is 2.41. The molecule has 0 atom stereocenters.